The third kappa shape index (κ3) is 3.35. The Labute approximate surface area is 121 Å². The molecule has 8 heteroatoms. The van der Waals surface area contributed by atoms with Crippen LogP contribution in [0.15, 0.2) is 41.6 Å². The smallest absolute Gasteiger partial charge is 0.321 e. The summed E-state index contributed by atoms with van der Waals surface area (Å²) in [4.78, 5) is 14.9. The molecule has 7 nitrogen and oxygen atoms in total. The highest BCUT2D eigenvalue weighted by atomic mass is 32.2. The Morgan fingerprint density at radius 2 is 2.10 bits per heavy atom. The minimum Gasteiger partial charge on any atom is -0.480 e. The number of benzene rings is 1. The summed E-state index contributed by atoms with van der Waals surface area (Å²) in [5, 5.41) is 18.9. The van der Waals surface area contributed by atoms with Gasteiger partial charge in [-0.05, 0) is 18.6 Å². The number of rotatable bonds is 6. The highest BCUT2D eigenvalue weighted by Gasteiger charge is 2.26. The van der Waals surface area contributed by atoms with Crippen LogP contribution in [0.25, 0.3) is 10.8 Å². The lowest BCUT2D eigenvalue weighted by atomic mass is 10.2. The average molecular weight is 310 g/mol. The second kappa shape index (κ2) is 6.17. The van der Waals surface area contributed by atoms with Crippen LogP contribution in [0.2, 0.25) is 0 Å². The molecule has 0 saturated heterocycles. The van der Waals surface area contributed by atoms with Crippen LogP contribution in [-0.4, -0.2) is 42.2 Å². The summed E-state index contributed by atoms with van der Waals surface area (Å²) in [6, 6.07) is 4.83. The molecule has 1 aromatic carbocycles. The topological polar surface area (TPSA) is 117 Å². The highest BCUT2D eigenvalue weighted by Crippen LogP contribution is 2.22. The van der Waals surface area contributed by atoms with E-state index in [1.54, 1.807) is 18.2 Å². The van der Waals surface area contributed by atoms with Gasteiger partial charge in [0, 0.05) is 29.8 Å². The fourth-order valence-corrected chi connectivity index (χ4v) is 3.39. The number of aromatic nitrogens is 1. The summed E-state index contributed by atoms with van der Waals surface area (Å²) in [6.07, 6.45) is 2.78. The molecule has 2 rings (SSSR count). The van der Waals surface area contributed by atoms with Gasteiger partial charge in [0.25, 0.3) is 0 Å². The number of carbonyl (C=O) groups is 1. The van der Waals surface area contributed by atoms with E-state index in [2.05, 4.69) is 9.71 Å². The van der Waals surface area contributed by atoms with Gasteiger partial charge in [0.15, 0.2) is 0 Å². The standard InChI is InChI=1S/C13H14N2O5S/c16-7-5-11(13(17)18)15-21(19,20)12-3-1-2-9-8-14-6-4-10(9)12/h1-4,6,8,11,15-16H,5,7H2,(H,17,18)/t11-/m0/s1. The third-order valence-electron chi connectivity index (χ3n) is 2.94. The third-order valence-corrected chi connectivity index (χ3v) is 4.47. The van der Waals surface area contributed by atoms with Gasteiger partial charge in [0.2, 0.25) is 10.0 Å². The number of carboxylic acid groups (broad SMARTS) is 1. The largest absolute Gasteiger partial charge is 0.480 e. The minimum absolute atomic E-state index is 0.0217. The van der Waals surface area contributed by atoms with Gasteiger partial charge in [-0.25, -0.2) is 8.42 Å². The van der Waals surface area contributed by atoms with Crippen LogP contribution in [0.5, 0.6) is 0 Å². The molecule has 112 valence electrons. The minimum atomic E-state index is -4.02. The molecule has 0 radical (unpaired) electrons. The maximum Gasteiger partial charge on any atom is 0.321 e. The zero-order chi connectivity index (χ0) is 15.5. The molecule has 0 bridgehead atoms. The number of pyridine rings is 1. The predicted octanol–water partition coefficient (Wildman–Crippen LogP) is 0.349. The fourth-order valence-electron chi connectivity index (χ4n) is 1.94. The number of aliphatic hydroxyl groups is 1. The van der Waals surface area contributed by atoms with Gasteiger partial charge in [0.05, 0.1) is 4.90 Å². The molecule has 0 aliphatic carbocycles. The number of sulfonamides is 1. The normalized spacial score (nSPS) is 13.2. The van der Waals surface area contributed by atoms with Crippen molar-refractivity contribution in [3.05, 3.63) is 36.7 Å². The first-order chi connectivity index (χ1) is 9.95. The van der Waals surface area contributed by atoms with Crippen molar-refractivity contribution in [2.24, 2.45) is 0 Å². The van der Waals surface area contributed by atoms with Crippen LogP contribution in [-0.2, 0) is 14.8 Å². The van der Waals surface area contributed by atoms with Gasteiger partial charge in [0.1, 0.15) is 6.04 Å². The lowest BCUT2D eigenvalue weighted by Gasteiger charge is -2.14. The first kappa shape index (κ1) is 15.4. The van der Waals surface area contributed by atoms with Crippen LogP contribution in [0, 0.1) is 0 Å². The number of aliphatic hydroxyl groups excluding tert-OH is 1. The maximum atomic E-state index is 12.4. The Balaban J connectivity index is 2.44. The monoisotopic (exact) mass is 310 g/mol. The number of hydrogen-bond acceptors (Lipinski definition) is 5. The van der Waals surface area contributed by atoms with Gasteiger partial charge < -0.3 is 10.2 Å². The maximum absolute atomic E-state index is 12.4. The summed E-state index contributed by atoms with van der Waals surface area (Å²) in [5.41, 5.74) is 0. The Hall–Kier alpha value is -2.03. The van der Waals surface area contributed by atoms with Gasteiger partial charge in [-0.2, -0.15) is 4.72 Å². The van der Waals surface area contributed by atoms with E-state index in [1.807, 2.05) is 0 Å². The average Bonchev–Trinajstić information content (AvgIpc) is 2.46. The van der Waals surface area contributed by atoms with Crippen molar-refractivity contribution in [1.29, 1.82) is 0 Å². The van der Waals surface area contributed by atoms with E-state index >= 15 is 0 Å². The first-order valence-electron chi connectivity index (χ1n) is 6.14. The molecule has 0 spiro atoms. The van der Waals surface area contributed by atoms with Gasteiger partial charge in [-0.3, -0.25) is 9.78 Å². The van der Waals surface area contributed by atoms with Crippen molar-refractivity contribution in [2.45, 2.75) is 17.4 Å². The Morgan fingerprint density at radius 3 is 2.76 bits per heavy atom. The zero-order valence-electron chi connectivity index (χ0n) is 10.9. The molecule has 1 atom stereocenters. The number of fused-ring (bicyclic) bond motifs is 1. The van der Waals surface area contributed by atoms with Crippen molar-refractivity contribution in [2.75, 3.05) is 6.61 Å². The van der Waals surface area contributed by atoms with E-state index in [4.69, 9.17) is 10.2 Å². The van der Waals surface area contributed by atoms with Gasteiger partial charge >= 0.3 is 5.97 Å². The highest BCUT2D eigenvalue weighted by molar-refractivity contribution is 7.89. The molecule has 1 aromatic heterocycles. The number of nitrogens with one attached hydrogen (secondary N) is 1. The van der Waals surface area contributed by atoms with Crippen molar-refractivity contribution < 1.29 is 23.4 Å². The van der Waals surface area contributed by atoms with Crippen molar-refractivity contribution in [1.82, 2.24) is 9.71 Å². The number of nitrogens with zero attached hydrogens (tertiary/aromatic N) is 1. The molecule has 0 unspecified atom stereocenters. The first-order valence-corrected chi connectivity index (χ1v) is 7.63. The van der Waals surface area contributed by atoms with Crippen molar-refractivity contribution in [3.8, 4) is 0 Å². The molecule has 0 aliphatic heterocycles. The zero-order valence-corrected chi connectivity index (χ0v) is 11.7. The van der Waals surface area contributed by atoms with E-state index in [9.17, 15) is 13.2 Å². The Morgan fingerprint density at radius 1 is 1.33 bits per heavy atom. The number of carboxylic acids is 1. The number of aliphatic carboxylic acids is 1. The van der Waals surface area contributed by atoms with Crippen molar-refractivity contribution >= 4 is 26.8 Å². The van der Waals surface area contributed by atoms with Crippen molar-refractivity contribution in [3.63, 3.8) is 0 Å². The van der Waals surface area contributed by atoms with E-state index < -0.39 is 28.6 Å². The molecule has 0 fully saturated rings. The molecular formula is C13H14N2O5S. The lowest BCUT2D eigenvalue weighted by molar-refractivity contribution is -0.139. The second-order valence-electron chi connectivity index (χ2n) is 4.38. The Kier molecular flexibility index (Phi) is 4.51. The molecule has 0 amide bonds. The molecule has 2 aromatic rings. The SMILES string of the molecule is O=C(O)[C@H](CCO)NS(=O)(=O)c1cccc2cnccc12. The summed E-state index contributed by atoms with van der Waals surface area (Å²) < 4.78 is 26.8. The molecular weight excluding hydrogens is 296 g/mol. The van der Waals surface area contributed by atoms with E-state index in [0.717, 1.165) is 0 Å². The quantitative estimate of drug-likeness (QED) is 0.709. The summed E-state index contributed by atoms with van der Waals surface area (Å²) in [7, 11) is -4.02. The van der Waals surface area contributed by atoms with Gasteiger partial charge in [-0.1, -0.05) is 12.1 Å². The molecule has 1 heterocycles. The fraction of sp³-hybridized carbons (Fsp3) is 0.231. The van der Waals surface area contributed by atoms with Crippen LogP contribution >= 0.6 is 0 Å². The van der Waals surface area contributed by atoms with Crippen LogP contribution in [0.3, 0.4) is 0 Å². The molecule has 3 N–H and O–H groups in total. The van der Waals surface area contributed by atoms with Crippen LogP contribution < -0.4 is 4.72 Å². The predicted molar refractivity (Wildman–Crippen MR) is 75.2 cm³/mol. The summed E-state index contributed by atoms with van der Waals surface area (Å²) in [6.45, 7) is -0.432. The summed E-state index contributed by atoms with van der Waals surface area (Å²) >= 11 is 0. The van der Waals surface area contributed by atoms with E-state index in [1.165, 1.54) is 18.5 Å². The van der Waals surface area contributed by atoms with Crippen LogP contribution in [0.1, 0.15) is 6.42 Å². The number of hydrogen-bond donors (Lipinski definition) is 3. The van der Waals surface area contributed by atoms with E-state index in [0.29, 0.717) is 10.8 Å². The molecule has 0 aliphatic rings. The van der Waals surface area contributed by atoms with Crippen LogP contribution in [0.4, 0.5) is 0 Å². The lowest BCUT2D eigenvalue weighted by Crippen LogP contribution is -2.41. The molecule has 21 heavy (non-hydrogen) atoms. The second-order valence-corrected chi connectivity index (χ2v) is 6.06. The van der Waals surface area contributed by atoms with E-state index in [-0.39, 0.29) is 11.3 Å². The molecule has 0 saturated carbocycles. The van der Waals surface area contributed by atoms with Gasteiger partial charge in [-0.15, -0.1) is 0 Å². The summed E-state index contributed by atoms with van der Waals surface area (Å²) in [5.74, 6) is -1.34. The Bertz CT molecular complexity index is 755.